The summed E-state index contributed by atoms with van der Waals surface area (Å²) in [4.78, 5) is 26.4. The van der Waals surface area contributed by atoms with Gasteiger partial charge < -0.3 is 15.3 Å². The largest absolute Gasteiger partial charge is 0.394 e. The van der Waals surface area contributed by atoms with Crippen LogP contribution in [0.25, 0.3) is 0 Å². The fraction of sp³-hybridized carbons (Fsp3) is 0.529. The molecule has 0 aromatic heterocycles. The first-order chi connectivity index (χ1) is 10.5. The Morgan fingerprint density at radius 2 is 2.05 bits per heavy atom. The van der Waals surface area contributed by atoms with E-state index in [1.807, 2.05) is 32.0 Å². The minimum absolute atomic E-state index is 0.0956. The van der Waals surface area contributed by atoms with Crippen LogP contribution in [0.15, 0.2) is 24.3 Å². The molecule has 5 heteroatoms. The molecule has 0 radical (unpaired) electrons. The molecule has 0 spiro atoms. The standard InChI is InChI=1S/C17H24N2O3/c1-4-11(2)15(10-20)18-16(21)12(3)19-9-13-7-5-6-8-14(13)17(19)22/h5-8,11-12,15,20H,4,9-10H2,1-3H3,(H,18,21). The van der Waals surface area contributed by atoms with Crippen molar-refractivity contribution < 1.29 is 14.7 Å². The predicted molar refractivity (Wildman–Crippen MR) is 84.2 cm³/mol. The molecule has 1 aliphatic heterocycles. The summed E-state index contributed by atoms with van der Waals surface area (Å²) < 4.78 is 0. The zero-order chi connectivity index (χ0) is 16.3. The van der Waals surface area contributed by atoms with Gasteiger partial charge in [0, 0.05) is 12.1 Å². The highest BCUT2D eigenvalue weighted by atomic mass is 16.3. The molecule has 2 N–H and O–H groups in total. The van der Waals surface area contributed by atoms with Crippen LogP contribution in [0.5, 0.6) is 0 Å². The number of amides is 2. The van der Waals surface area contributed by atoms with Gasteiger partial charge in [-0.1, -0.05) is 38.5 Å². The van der Waals surface area contributed by atoms with Gasteiger partial charge in [-0.15, -0.1) is 0 Å². The normalized spacial score (nSPS) is 17.8. The van der Waals surface area contributed by atoms with E-state index in [1.165, 1.54) is 0 Å². The zero-order valence-corrected chi connectivity index (χ0v) is 13.4. The summed E-state index contributed by atoms with van der Waals surface area (Å²) in [6, 6.07) is 6.59. The summed E-state index contributed by atoms with van der Waals surface area (Å²) in [6.45, 7) is 6.09. The molecule has 0 saturated heterocycles. The van der Waals surface area contributed by atoms with Crippen molar-refractivity contribution in [1.29, 1.82) is 0 Å². The van der Waals surface area contributed by atoms with Gasteiger partial charge in [-0.05, 0) is 24.5 Å². The van der Waals surface area contributed by atoms with Crippen LogP contribution in [0.2, 0.25) is 0 Å². The number of carbonyl (C=O) groups excluding carboxylic acids is 2. The Bertz CT molecular complexity index is 559. The molecular weight excluding hydrogens is 280 g/mol. The predicted octanol–water partition coefficient (Wildman–Crippen LogP) is 1.55. The Kier molecular flexibility index (Phi) is 5.19. The van der Waals surface area contributed by atoms with E-state index in [0.717, 1.165) is 12.0 Å². The molecular formula is C17H24N2O3. The summed E-state index contributed by atoms with van der Waals surface area (Å²) in [7, 11) is 0. The molecule has 0 fully saturated rings. The maximum atomic E-state index is 12.4. The van der Waals surface area contributed by atoms with Crippen molar-refractivity contribution in [1.82, 2.24) is 10.2 Å². The monoisotopic (exact) mass is 304 g/mol. The van der Waals surface area contributed by atoms with Gasteiger partial charge in [0.15, 0.2) is 0 Å². The van der Waals surface area contributed by atoms with Gasteiger partial charge in [0.1, 0.15) is 6.04 Å². The summed E-state index contributed by atoms with van der Waals surface area (Å²) in [6.07, 6.45) is 0.869. The first-order valence-corrected chi connectivity index (χ1v) is 7.79. The third-order valence-electron chi connectivity index (χ3n) is 4.55. The highest BCUT2D eigenvalue weighted by Crippen LogP contribution is 2.24. The second-order valence-electron chi connectivity index (χ2n) is 5.95. The van der Waals surface area contributed by atoms with Crippen molar-refractivity contribution >= 4 is 11.8 Å². The lowest BCUT2D eigenvalue weighted by Crippen LogP contribution is -2.51. The van der Waals surface area contributed by atoms with Crippen molar-refractivity contribution in [2.45, 2.75) is 45.8 Å². The van der Waals surface area contributed by atoms with Crippen molar-refractivity contribution in [2.24, 2.45) is 5.92 Å². The molecule has 2 amide bonds. The van der Waals surface area contributed by atoms with Crippen LogP contribution < -0.4 is 5.32 Å². The van der Waals surface area contributed by atoms with E-state index >= 15 is 0 Å². The van der Waals surface area contributed by atoms with Crippen LogP contribution in [0.4, 0.5) is 0 Å². The Morgan fingerprint density at radius 3 is 2.64 bits per heavy atom. The topological polar surface area (TPSA) is 69.6 Å². The van der Waals surface area contributed by atoms with Crippen molar-refractivity contribution in [3.63, 3.8) is 0 Å². The summed E-state index contributed by atoms with van der Waals surface area (Å²) in [5.41, 5.74) is 1.62. The highest BCUT2D eigenvalue weighted by molar-refractivity contribution is 6.01. The molecule has 1 aliphatic rings. The van der Waals surface area contributed by atoms with Gasteiger partial charge in [0.2, 0.25) is 5.91 Å². The first-order valence-electron chi connectivity index (χ1n) is 7.79. The number of benzene rings is 1. The van der Waals surface area contributed by atoms with Gasteiger partial charge in [-0.3, -0.25) is 9.59 Å². The minimum Gasteiger partial charge on any atom is -0.394 e. The number of aliphatic hydroxyl groups is 1. The smallest absolute Gasteiger partial charge is 0.255 e. The second-order valence-corrected chi connectivity index (χ2v) is 5.95. The van der Waals surface area contributed by atoms with Gasteiger partial charge in [-0.2, -0.15) is 0 Å². The molecule has 5 nitrogen and oxygen atoms in total. The maximum absolute atomic E-state index is 12.4. The fourth-order valence-electron chi connectivity index (χ4n) is 2.69. The van der Waals surface area contributed by atoms with Crippen LogP contribution in [-0.2, 0) is 11.3 Å². The van der Waals surface area contributed by atoms with E-state index in [9.17, 15) is 14.7 Å². The van der Waals surface area contributed by atoms with E-state index < -0.39 is 6.04 Å². The second kappa shape index (κ2) is 6.92. The Labute approximate surface area is 131 Å². The van der Waals surface area contributed by atoms with Gasteiger partial charge in [0.05, 0.1) is 12.6 Å². The summed E-state index contributed by atoms with van der Waals surface area (Å²) in [5.74, 6) is -0.143. The lowest BCUT2D eigenvalue weighted by molar-refractivity contribution is -0.126. The van der Waals surface area contributed by atoms with Gasteiger partial charge in [0.25, 0.3) is 5.91 Å². The molecule has 120 valence electrons. The van der Waals surface area contributed by atoms with E-state index in [2.05, 4.69) is 5.32 Å². The van der Waals surface area contributed by atoms with Crippen LogP contribution >= 0.6 is 0 Å². The van der Waals surface area contributed by atoms with Gasteiger partial charge >= 0.3 is 0 Å². The quantitative estimate of drug-likeness (QED) is 0.838. The molecule has 0 saturated carbocycles. The van der Waals surface area contributed by atoms with Crippen LogP contribution in [0.3, 0.4) is 0 Å². The molecule has 0 aliphatic carbocycles. The van der Waals surface area contributed by atoms with E-state index in [-0.39, 0.29) is 30.4 Å². The number of carbonyl (C=O) groups is 2. The number of hydrogen-bond acceptors (Lipinski definition) is 3. The van der Waals surface area contributed by atoms with E-state index in [0.29, 0.717) is 12.1 Å². The first kappa shape index (κ1) is 16.5. The summed E-state index contributed by atoms with van der Waals surface area (Å²) >= 11 is 0. The van der Waals surface area contributed by atoms with Crippen molar-refractivity contribution in [3.8, 4) is 0 Å². The molecule has 0 bridgehead atoms. The molecule has 22 heavy (non-hydrogen) atoms. The molecule has 1 aromatic carbocycles. The molecule has 3 atom stereocenters. The Morgan fingerprint density at radius 1 is 1.36 bits per heavy atom. The SMILES string of the molecule is CCC(C)C(CO)NC(=O)C(C)N1Cc2ccccc2C1=O. The van der Waals surface area contributed by atoms with E-state index in [1.54, 1.807) is 17.9 Å². The minimum atomic E-state index is -0.557. The fourth-order valence-corrected chi connectivity index (χ4v) is 2.69. The lowest BCUT2D eigenvalue weighted by Gasteiger charge is -2.28. The van der Waals surface area contributed by atoms with Crippen molar-refractivity contribution in [3.05, 3.63) is 35.4 Å². The third-order valence-corrected chi connectivity index (χ3v) is 4.55. The molecule has 2 rings (SSSR count). The Balaban J connectivity index is 2.05. The third kappa shape index (κ3) is 3.14. The molecule has 1 heterocycles. The van der Waals surface area contributed by atoms with Crippen LogP contribution in [0.1, 0.15) is 43.1 Å². The van der Waals surface area contributed by atoms with Crippen molar-refractivity contribution in [2.75, 3.05) is 6.61 Å². The lowest BCUT2D eigenvalue weighted by atomic mass is 9.99. The number of nitrogens with zero attached hydrogens (tertiary/aromatic N) is 1. The average Bonchev–Trinajstić information content (AvgIpc) is 2.88. The highest BCUT2D eigenvalue weighted by Gasteiger charge is 2.34. The number of rotatable bonds is 6. The number of nitrogens with one attached hydrogen (secondary N) is 1. The van der Waals surface area contributed by atoms with Crippen LogP contribution in [0, 0.1) is 5.92 Å². The number of aliphatic hydroxyl groups excluding tert-OH is 1. The average molecular weight is 304 g/mol. The molecule has 3 unspecified atom stereocenters. The summed E-state index contributed by atoms with van der Waals surface area (Å²) in [5, 5.41) is 12.3. The number of hydrogen-bond donors (Lipinski definition) is 2. The van der Waals surface area contributed by atoms with Gasteiger partial charge in [-0.25, -0.2) is 0 Å². The van der Waals surface area contributed by atoms with E-state index in [4.69, 9.17) is 0 Å². The number of fused-ring (bicyclic) bond motifs is 1. The Hall–Kier alpha value is -1.88. The zero-order valence-electron chi connectivity index (χ0n) is 13.4. The maximum Gasteiger partial charge on any atom is 0.255 e. The molecule has 1 aromatic rings. The van der Waals surface area contributed by atoms with Crippen LogP contribution in [-0.4, -0.2) is 40.5 Å².